The van der Waals surface area contributed by atoms with Crippen LogP contribution >= 0.6 is 97.1 Å². The number of anilines is 1. The maximum atomic E-state index is 11.9. The number of benzene rings is 7. The summed E-state index contributed by atoms with van der Waals surface area (Å²) in [4.78, 5) is 49.6. The lowest BCUT2D eigenvalue weighted by atomic mass is 10.2. The second-order valence-corrected chi connectivity index (χ2v) is 20.8. The van der Waals surface area contributed by atoms with Crippen molar-refractivity contribution in [2.24, 2.45) is 0 Å². The Kier molecular flexibility index (Phi) is 21.5. The molecule has 7 aromatic heterocycles. The molecule has 0 radical (unpaired) electrons. The number of ether oxygens (including phenoxy) is 1. The van der Waals surface area contributed by atoms with Crippen LogP contribution in [0.3, 0.4) is 0 Å². The highest BCUT2D eigenvalue weighted by molar-refractivity contribution is 7.72. The summed E-state index contributed by atoms with van der Waals surface area (Å²) < 4.78 is 43.7. The number of para-hydroxylation sites is 2. The number of aliphatic hydroxyl groups excluding tert-OH is 1. The Balaban J connectivity index is 0.000000139. The molecule has 83 heavy (non-hydrogen) atoms. The lowest BCUT2D eigenvalue weighted by molar-refractivity contribution is -0.274. The number of rotatable bonds is 2. The van der Waals surface area contributed by atoms with Gasteiger partial charge in [0.1, 0.15) is 12.5 Å². The molecule has 29 heteroatoms. The number of imidazole rings is 7. The van der Waals surface area contributed by atoms with Crippen LogP contribution in [0.15, 0.2) is 133 Å². The van der Waals surface area contributed by atoms with E-state index in [1.165, 1.54) is 29.3 Å². The molecule has 0 atom stereocenters. The fraction of sp³-hybridized carbons (Fsp3) is 0.0741. The van der Waals surface area contributed by atoms with Gasteiger partial charge in [-0.15, -0.1) is 13.2 Å². The number of halogens is 4. The predicted octanol–water partition coefficient (Wildman–Crippen LogP) is 16.6. The molecule has 0 amide bonds. The number of nitrogens with two attached hydrogens (primary N) is 1. The van der Waals surface area contributed by atoms with E-state index < -0.39 is 6.36 Å². The standard InChI is InChI=1S/C8H5F3N2OS.C8H8N2OS.2C8H8N2S.C7H5ClN2S.C7H7N3S.C7H6N2S.CH2O/c9-8(10,11)14-4-1-2-5-6(3-4)13-7(15)12-5;11-4-5-1-2-6-7(3-5)10-8(12)9-6;2*1-5-2-3-6-7(4-5)10-8(11)9-6;2*8-4-1-2-5-6(3-4)10-7(11)9-5;10-7-8-5-3-1-2-4-6(5)9-7;1-2/h1-3H,(H2,12,13,15);1-3,11H,4H2,(H2,9,10,12);2*2-4H,1H3,(H2,9,10,11);1-3H,(H2,9,10,11);1-3H,8H2,(H2,9,10,11);1-4H,(H2,8,9,10);1H2. The molecule has 18 nitrogen and oxygen atoms in total. The molecule has 17 N–H and O–H groups in total. The molecule has 428 valence electrons. The molecule has 0 fully saturated rings. The predicted molar refractivity (Wildman–Crippen MR) is 343 cm³/mol. The Hall–Kier alpha value is -8.32. The lowest BCUT2D eigenvalue weighted by Gasteiger charge is -2.07. The number of hydrogen-bond acceptors (Lipinski definition) is 11. The Labute approximate surface area is 507 Å². The molecule has 7 aromatic carbocycles. The van der Waals surface area contributed by atoms with Crippen LogP contribution in [0.2, 0.25) is 5.02 Å². The van der Waals surface area contributed by atoms with Gasteiger partial charge in [0.25, 0.3) is 0 Å². The van der Waals surface area contributed by atoms with E-state index >= 15 is 0 Å². The SMILES string of the molecule is C=O.Cc1ccc2[nH]c(=S)[nH]c2c1.Cc1ccc2[nH]c(=S)[nH]c2c1.FC(F)(F)Oc1ccc2[nH]c(=S)[nH]c2c1.Nc1ccc2[nH]c(=S)[nH]c2c1.OCc1ccc2[nH]c(=S)[nH]c2c1.S=c1[nH]c2ccc(Cl)cc2[nH]1.S=c1[nH]c2ccccc2[nH]1. The molecule has 0 unspecified atom stereocenters. The van der Waals surface area contributed by atoms with Gasteiger partial charge in [-0.3, -0.25) is 0 Å². The monoisotopic (exact) mass is 1270 g/mol. The molecule has 0 aliphatic rings. The zero-order valence-electron chi connectivity index (χ0n) is 43.3. The third kappa shape index (κ3) is 18.3. The lowest BCUT2D eigenvalue weighted by Crippen LogP contribution is -2.16. The first-order valence-corrected chi connectivity index (χ1v) is 27.3. The van der Waals surface area contributed by atoms with Crippen LogP contribution in [0.4, 0.5) is 18.9 Å². The van der Waals surface area contributed by atoms with E-state index in [1.54, 1.807) is 0 Å². The number of alkyl halides is 3. The van der Waals surface area contributed by atoms with Gasteiger partial charge < -0.3 is 90.1 Å². The van der Waals surface area contributed by atoms with Gasteiger partial charge in [0.15, 0.2) is 33.4 Å². The summed E-state index contributed by atoms with van der Waals surface area (Å²) >= 11 is 40.1. The number of H-pyrrole nitrogens is 14. The number of fused-ring (bicyclic) bond motifs is 7. The smallest absolute Gasteiger partial charge is 0.406 e. The zero-order valence-corrected chi connectivity index (χ0v) is 49.8. The van der Waals surface area contributed by atoms with Crippen LogP contribution in [0, 0.1) is 47.2 Å². The number of aromatic nitrogens is 14. The quantitative estimate of drug-likeness (QED) is 0.0570. The molecule has 0 aliphatic heterocycles. The minimum atomic E-state index is -4.68. The number of nitrogens with one attached hydrogen (secondary N) is 14. The molecule has 7 heterocycles. The Bertz CT molecular complexity index is 4530. The fourth-order valence-electron chi connectivity index (χ4n) is 7.71. The van der Waals surface area contributed by atoms with Gasteiger partial charge >= 0.3 is 6.36 Å². The largest absolute Gasteiger partial charge is 0.573 e. The number of aromatic amines is 14. The summed E-state index contributed by atoms with van der Waals surface area (Å²) in [6.45, 7) is 6.17. The van der Waals surface area contributed by atoms with Gasteiger partial charge in [-0.1, -0.05) is 41.9 Å². The number of nitrogen functional groups attached to an aromatic ring is 1. The number of hydrogen-bond donors (Lipinski definition) is 16. The van der Waals surface area contributed by atoms with Crippen molar-refractivity contribution in [1.29, 1.82) is 0 Å². The molecule has 14 aromatic rings. The average Bonchev–Trinajstić information content (AvgIpc) is 4.35. The molecule has 14 rings (SSSR count). The highest BCUT2D eigenvalue weighted by atomic mass is 35.5. The molecular weight excluding hydrogens is 1220 g/mol. The summed E-state index contributed by atoms with van der Waals surface area (Å²) in [5.74, 6) is -0.278. The Morgan fingerprint density at radius 3 is 1.12 bits per heavy atom. The summed E-state index contributed by atoms with van der Waals surface area (Å²) in [6, 6.07) is 40.9. The van der Waals surface area contributed by atoms with Gasteiger partial charge in [-0.05, 0) is 213 Å². The van der Waals surface area contributed by atoms with Crippen molar-refractivity contribution in [3.05, 3.63) is 189 Å². The summed E-state index contributed by atoms with van der Waals surface area (Å²) in [5.41, 5.74) is 23.0. The van der Waals surface area contributed by atoms with Crippen LogP contribution < -0.4 is 10.5 Å². The van der Waals surface area contributed by atoms with Gasteiger partial charge in [0, 0.05) is 16.8 Å². The summed E-state index contributed by atoms with van der Waals surface area (Å²) in [7, 11) is 0. The third-order valence-corrected chi connectivity index (χ3v) is 12.9. The second kappa shape index (κ2) is 28.6. The van der Waals surface area contributed by atoms with Crippen molar-refractivity contribution < 1.29 is 27.8 Å². The highest BCUT2D eigenvalue weighted by Crippen LogP contribution is 2.25. The van der Waals surface area contributed by atoms with Gasteiger partial charge in [0.05, 0.1) is 83.8 Å². The van der Waals surface area contributed by atoms with E-state index in [2.05, 4.69) is 113 Å². The van der Waals surface area contributed by atoms with E-state index in [0.717, 1.165) is 77.5 Å². The average molecular weight is 1270 g/mol. The Morgan fingerprint density at radius 2 is 0.723 bits per heavy atom. The van der Waals surface area contributed by atoms with Crippen LogP contribution in [-0.4, -0.2) is 88.0 Å². The Morgan fingerprint density at radius 1 is 0.422 bits per heavy atom. The zero-order chi connectivity index (χ0) is 60.0. The van der Waals surface area contributed by atoms with E-state index in [9.17, 15) is 13.2 Å². The van der Waals surface area contributed by atoms with Crippen LogP contribution in [-0.2, 0) is 11.4 Å². The number of aliphatic hydroxyl groups is 1. The van der Waals surface area contributed by atoms with Crippen LogP contribution in [0.5, 0.6) is 5.75 Å². The maximum Gasteiger partial charge on any atom is 0.573 e. The molecular formula is C54H49ClF3N15O3S7. The van der Waals surface area contributed by atoms with E-state index in [-0.39, 0.29) is 12.4 Å². The fourth-order valence-corrected chi connectivity index (χ4v) is 9.42. The number of aryl methyl sites for hydroxylation is 2. The molecule has 0 bridgehead atoms. The van der Waals surface area contributed by atoms with Crippen molar-refractivity contribution >= 4 is 187 Å². The van der Waals surface area contributed by atoms with E-state index in [0.29, 0.717) is 49.5 Å². The van der Waals surface area contributed by atoms with Crippen molar-refractivity contribution in [3.63, 3.8) is 0 Å². The first-order valence-electron chi connectivity index (χ1n) is 24.1. The normalized spacial score (nSPS) is 10.6. The van der Waals surface area contributed by atoms with Gasteiger partial charge in [-0.2, -0.15) is 0 Å². The minimum Gasteiger partial charge on any atom is -0.406 e. The third-order valence-electron chi connectivity index (χ3n) is 11.3. The summed E-state index contributed by atoms with van der Waals surface area (Å²) in [6.07, 6.45) is -4.68. The van der Waals surface area contributed by atoms with Gasteiger partial charge in [0.2, 0.25) is 0 Å². The van der Waals surface area contributed by atoms with Crippen molar-refractivity contribution in [3.8, 4) is 5.75 Å². The minimum absolute atomic E-state index is 0.0573. The topological polar surface area (TPSA) is 294 Å². The van der Waals surface area contributed by atoms with Gasteiger partial charge in [-0.25, -0.2) is 0 Å². The van der Waals surface area contributed by atoms with Crippen molar-refractivity contribution in [2.75, 3.05) is 5.73 Å². The van der Waals surface area contributed by atoms with E-state index in [1.807, 2.05) is 97.8 Å². The number of carbonyl (C=O) groups is 1. The molecule has 0 spiro atoms. The first-order chi connectivity index (χ1) is 39.6. The van der Waals surface area contributed by atoms with E-state index in [4.69, 9.17) is 113 Å². The maximum absolute atomic E-state index is 11.9. The molecule has 0 saturated heterocycles. The van der Waals surface area contributed by atoms with Crippen molar-refractivity contribution in [1.82, 2.24) is 69.8 Å². The molecule has 0 aliphatic carbocycles. The highest BCUT2D eigenvalue weighted by Gasteiger charge is 2.31. The van der Waals surface area contributed by atoms with Crippen LogP contribution in [0.25, 0.3) is 77.2 Å². The molecule has 0 saturated carbocycles. The van der Waals surface area contributed by atoms with Crippen molar-refractivity contribution in [2.45, 2.75) is 26.8 Å². The second-order valence-electron chi connectivity index (χ2n) is 17.5. The number of carbonyl (C=O) groups excluding carboxylic acids is 1. The summed E-state index contributed by atoms with van der Waals surface area (Å²) in [5, 5.41) is 9.56. The first kappa shape index (κ1) is 62.3. The van der Waals surface area contributed by atoms with Crippen LogP contribution in [0.1, 0.15) is 16.7 Å².